The van der Waals surface area contributed by atoms with E-state index in [4.69, 9.17) is 11.3 Å². The van der Waals surface area contributed by atoms with Crippen LogP contribution in [-0.4, -0.2) is 12.0 Å². The third kappa shape index (κ3) is 1.73. The minimum Gasteiger partial charge on any atom is -0.508 e. The third-order valence-electron chi connectivity index (χ3n) is 1.49. The SMILES string of the molecule is [C-]#[N+]c1cc([N+](=O)[O-])ccc1OC. The van der Waals surface area contributed by atoms with Crippen molar-refractivity contribution in [3.05, 3.63) is 39.7 Å². The fraction of sp³-hybridized carbons (Fsp3) is 0.125. The summed E-state index contributed by atoms with van der Waals surface area (Å²) >= 11 is 0. The molecule has 1 rings (SSSR count). The van der Waals surface area contributed by atoms with Crippen molar-refractivity contribution in [3.63, 3.8) is 0 Å². The highest BCUT2D eigenvalue weighted by Crippen LogP contribution is 2.30. The van der Waals surface area contributed by atoms with Crippen LogP contribution in [0.15, 0.2) is 18.2 Å². The highest BCUT2D eigenvalue weighted by molar-refractivity contribution is 5.62. The summed E-state index contributed by atoms with van der Waals surface area (Å²) in [6.45, 7) is 6.75. The summed E-state index contributed by atoms with van der Waals surface area (Å²) in [6, 6.07) is 3.89. The molecule has 0 bridgehead atoms. The van der Waals surface area contributed by atoms with Gasteiger partial charge in [0.25, 0.3) is 5.69 Å². The van der Waals surface area contributed by atoms with Gasteiger partial charge in [0.2, 0.25) is 5.69 Å². The number of methoxy groups -OCH3 is 1. The van der Waals surface area contributed by atoms with Crippen molar-refractivity contribution >= 4 is 11.4 Å². The molecule has 0 unspecified atom stereocenters. The predicted molar refractivity (Wildman–Crippen MR) is 45.9 cm³/mol. The van der Waals surface area contributed by atoms with E-state index in [1.165, 1.54) is 25.3 Å². The summed E-state index contributed by atoms with van der Waals surface area (Å²) in [4.78, 5) is 12.9. The molecule has 0 saturated heterocycles. The second-order valence-electron chi connectivity index (χ2n) is 2.23. The van der Waals surface area contributed by atoms with Gasteiger partial charge in [-0.05, 0) is 6.07 Å². The third-order valence-corrected chi connectivity index (χ3v) is 1.49. The standard InChI is InChI=1S/C8H6N2O3/c1-9-7-5-6(10(11)12)3-4-8(7)13-2/h3-5H,2H3. The monoisotopic (exact) mass is 178 g/mol. The second-order valence-corrected chi connectivity index (χ2v) is 2.23. The van der Waals surface area contributed by atoms with E-state index < -0.39 is 4.92 Å². The van der Waals surface area contributed by atoms with Gasteiger partial charge in [0, 0.05) is 12.1 Å². The maximum Gasteiger partial charge on any atom is 0.259 e. The van der Waals surface area contributed by atoms with Crippen molar-refractivity contribution in [3.8, 4) is 5.75 Å². The molecule has 5 nitrogen and oxygen atoms in total. The first-order chi connectivity index (χ1) is 6.19. The molecule has 1 aromatic carbocycles. The number of hydrogen-bond acceptors (Lipinski definition) is 3. The van der Waals surface area contributed by atoms with Crippen LogP contribution >= 0.6 is 0 Å². The number of benzene rings is 1. The van der Waals surface area contributed by atoms with Crippen molar-refractivity contribution in [2.75, 3.05) is 7.11 Å². The Morgan fingerprint density at radius 1 is 1.62 bits per heavy atom. The molecule has 0 aliphatic heterocycles. The Balaban J connectivity index is 3.23. The van der Waals surface area contributed by atoms with Crippen LogP contribution in [0.4, 0.5) is 11.4 Å². The van der Waals surface area contributed by atoms with Gasteiger partial charge in [0.05, 0.1) is 18.6 Å². The van der Waals surface area contributed by atoms with Gasteiger partial charge in [-0.15, -0.1) is 0 Å². The minimum absolute atomic E-state index is 0.105. The number of nitro benzene ring substituents is 1. The molecule has 0 atom stereocenters. The molecule has 66 valence electrons. The lowest BCUT2D eigenvalue weighted by atomic mass is 10.2. The molecule has 0 aromatic heterocycles. The predicted octanol–water partition coefficient (Wildman–Crippen LogP) is 2.15. The summed E-state index contributed by atoms with van der Waals surface area (Å²) in [5.41, 5.74) is 0.0449. The van der Waals surface area contributed by atoms with E-state index in [0.717, 1.165) is 0 Å². The molecule has 0 aliphatic rings. The molecule has 0 N–H and O–H groups in total. The normalized spacial score (nSPS) is 8.92. The quantitative estimate of drug-likeness (QED) is 0.396. The summed E-state index contributed by atoms with van der Waals surface area (Å²) in [6.07, 6.45) is 0. The van der Waals surface area contributed by atoms with Crippen molar-refractivity contribution < 1.29 is 9.66 Å². The fourth-order valence-corrected chi connectivity index (χ4v) is 0.879. The molecular weight excluding hydrogens is 172 g/mol. The van der Waals surface area contributed by atoms with Gasteiger partial charge < -0.3 is 4.74 Å². The Hall–Kier alpha value is -2.09. The van der Waals surface area contributed by atoms with Crippen LogP contribution in [0.3, 0.4) is 0 Å². The molecule has 0 heterocycles. The summed E-state index contributed by atoms with van der Waals surface area (Å²) < 4.78 is 4.83. The number of hydrogen-bond donors (Lipinski definition) is 0. The van der Waals surface area contributed by atoms with E-state index in [1.54, 1.807) is 0 Å². The lowest BCUT2D eigenvalue weighted by Crippen LogP contribution is -1.88. The average molecular weight is 178 g/mol. The van der Waals surface area contributed by atoms with Crippen LogP contribution in [0.1, 0.15) is 0 Å². The van der Waals surface area contributed by atoms with Gasteiger partial charge in [-0.3, -0.25) is 10.1 Å². The van der Waals surface area contributed by atoms with Gasteiger partial charge >= 0.3 is 0 Å². The van der Waals surface area contributed by atoms with Crippen LogP contribution in [0.25, 0.3) is 4.85 Å². The molecule has 0 saturated carbocycles. The van der Waals surface area contributed by atoms with Crippen molar-refractivity contribution in [2.24, 2.45) is 0 Å². The molecule has 0 fully saturated rings. The smallest absolute Gasteiger partial charge is 0.259 e. The molecule has 0 spiro atoms. The number of non-ortho nitro benzene ring substituents is 1. The summed E-state index contributed by atoms with van der Waals surface area (Å²) in [5, 5.41) is 10.3. The lowest BCUT2D eigenvalue weighted by molar-refractivity contribution is -0.384. The topological polar surface area (TPSA) is 56.7 Å². The Kier molecular flexibility index (Phi) is 2.45. The van der Waals surface area contributed by atoms with Crippen LogP contribution in [0.2, 0.25) is 0 Å². The molecule has 0 radical (unpaired) electrons. The highest BCUT2D eigenvalue weighted by Gasteiger charge is 2.10. The summed E-state index contributed by atoms with van der Waals surface area (Å²) in [7, 11) is 1.41. The molecular formula is C8H6N2O3. The van der Waals surface area contributed by atoms with Gasteiger partial charge in [0.1, 0.15) is 5.75 Å². The first-order valence-corrected chi connectivity index (χ1v) is 3.39. The minimum atomic E-state index is -0.548. The van der Waals surface area contributed by atoms with E-state index in [0.29, 0.717) is 5.75 Å². The molecule has 0 aliphatic carbocycles. The Labute approximate surface area is 74.5 Å². The Morgan fingerprint density at radius 3 is 2.77 bits per heavy atom. The maximum absolute atomic E-state index is 10.3. The Bertz CT molecular complexity index is 381. The van der Waals surface area contributed by atoms with E-state index in [-0.39, 0.29) is 11.4 Å². The first-order valence-electron chi connectivity index (χ1n) is 3.39. The molecule has 0 amide bonds. The molecule has 5 heteroatoms. The van der Waals surface area contributed by atoms with Crippen LogP contribution in [-0.2, 0) is 0 Å². The zero-order chi connectivity index (χ0) is 9.84. The summed E-state index contributed by atoms with van der Waals surface area (Å²) in [5.74, 6) is 0.348. The van der Waals surface area contributed by atoms with Crippen molar-refractivity contribution in [1.29, 1.82) is 0 Å². The lowest BCUT2D eigenvalue weighted by Gasteiger charge is -2.00. The maximum atomic E-state index is 10.3. The van der Waals surface area contributed by atoms with E-state index in [1.807, 2.05) is 0 Å². The van der Waals surface area contributed by atoms with Crippen LogP contribution < -0.4 is 4.74 Å². The number of nitro groups is 1. The number of ether oxygens (including phenoxy) is 1. The Morgan fingerprint density at radius 2 is 2.31 bits per heavy atom. The van der Waals surface area contributed by atoms with E-state index in [9.17, 15) is 10.1 Å². The van der Waals surface area contributed by atoms with E-state index in [2.05, 4.69) is 4.85 Å². The number of rotatable bonds is 2. The highest BCUT2D eigenvalue weighted by atomic mass is 16.6. The molecule has 13 heavy (non-hydrogen) atoms. The fourth-order valence-electron chi connectivity index (χ4n) is 0.879. The van der Waals surface area contributed by atoms with E-state index >= 15 is 0 Å². The van der Waals surface area contributed by atoms with Crippen molar-refractivity contribution in [1.82, 2.24) is 0 Å². The zero-order valence-electron chi connectivity index (χ0n) is 6.85. The van der Waals surface area contributed by atoms with Gasteiger partial charge in [-0.1, -0.05) is 0 Å². The van der Waals surface area contributed by atoms with Gasteiger partial charge in [-0.2, -0.15) is 0 Å². The average Bonchev–Trinajstić information content (AvgIpc) is 2.16. The second kappa shape index (κ2) is 3.54. The number of nitrogens with zero attached hydrogens (tertiary/aromatic N) is 2. The van der Waals surface area contributed by atoms with Crippen LogP contribution in [0, 0.1) is 16.7 Å². The zero-order valence-corrected chi connectivity index (χ0v) is 6.85. The van der Waals surface area contributed by atoms with Gasteiger partial charge in [0.15, 0.2) is 0 Å². The van der Waals surface area contributed by atoms with Gasteiger partial charge in [-0.25, -0.2) is 4.85 Å². The first kappa shape index (κ1) is 9.00. The molecule has 1 aromatic rings. The van der Waals surface area contributed by atoms with Crippen LogP contribution in [0.5, 0.6) is 5.75 Å². The van der Waals surface area contributed by atoms with Crippen molar-refractivity contribution in [2.45, 2.75) is 0 Å². The largest absolute Gasteiger partial charge is 0.508 e.